The molecule has 30 heavy (non-hydrogen) atoms. The molecule has 0 aliphatic carbocycles. The van der Waals surface area contributed by atoms with E-state index in [1.54, 1.807) is 0 Å². The van der Waals surface area contributed by atoms with Gasteiger partial charge in [0.2, 0.25) is 11.9 Å². The number of aromatic nitrogens is 3. The fraction of sp³-hybridized carbons (Fsp3) is 0.250. The molecule has 0 unspecified atom stereocenters. The number of amides is 2. The maximum absolute atomic E-state index is 12.2. The molecule has 0 aromatic carbocycles. The van der Waals surface area contributed by atoms with Gasteiger partial charge in [-0.05, 0) is 18.6 Å². The average molecular weight is 417 g/mol. The molecule has 0 aliphatic heterocycles. The molecule has 0 atom stereocenters. The van der Waals surface area contributed by atoms with Gasteiger partial charge in [-0.3, -0.25) is 19.4 Å². The van der Waals surface area contributed by atoms with Gasteiger partial charge in [0.25, 0.3) is 11.5 Å². The second kappa shape index (κ2) is 10.4. The molecule has 0 saturated carbocycles. The van der Waals surface area contributed by atoms with Gasteiger partial charge in [0.1, 0.15) is 17.3 Å². The molecule has 2 rings (SSSR count). The summed E-state index contributed by atoms with van der Waals surface area (Å²) in [4.78, 5) is 46.1. The first-order valence-corrected chi connectivity index (χ1v) is 8.75. The molecule has 14 heteroatoms. The number of hydrogen-bond donors (Lipinski definition) is 8. The lowest BCUT2D eigenvalue weighted by Gasteiger charge is -2.08. The van der Waals surface area contributed by atoms with E-state index in [-0.39, 0.29) is 35.4 Å². The Morgan fingerprint density at radius 1 is 1.23 bits per heavy atom. The van der Waals surface area contributed by atoms with E-state index in [0.29, 0.717) is 30.9 Å². The highest BCUT2D eigenvalue weighted by molar-refractivity contribution is 5.94. The molecule has 12 N–H and O–H groups in total. The second-order valence-corrected chi connectivity index (χ2v) is 6.05. The fourth-order valence-electron chi connectivity index (χ4n) is 2.39. The molecule has 0 saturated heterocycles. The number of pyridine rings is 1. The quantitative estimate of drug-likeness (QED) is 0.0753. The number of nitrogens with zero attached hydrogens (tertiary/aromatic N) is 3. The van der Waals surface area contributed by atoms with E-state index in [9.17, 15) is 14.4 Å². The van der Waals surface area contributed by atoms with Crippen molar-refractivity contribution in [2.75, 3.05) is 23.3 Å². The summed E-state index contributed by atoms with van der Waals surface area (Å²) in [6, 6.07) is 2.96. The molecule has 0 aliphatic rings. The number of H-pyrrole nitrogens is 1. The van der Waals surface area contributed by atoms with Gasteiger partial charge < -0.3 is 33.4 Å². The number of amidine groups is 1. The molecule has 0 bridgehead atoms. The van der Waals surface area contributed by atoms with Gasteiger partial charge in [-0.1, -0.05) is 0 Å². The van der Waals surface area contributed by atoms with Crippen molar-refractivity contribution in [1.29, 1.82) is 0 Å². The van der Waals surface area contributed by atoms with Gasteiger partial charge in [0.05, 0.1) is 23.9 Å². The van der Waals surface area contributed by atoms with Crippen molar-refractivity contribution >= 4 is 35.1 Å². The topological polar surface area (TPSA) is 245 Å². The van der Waals surface area contributed by atoms with Crippen LogP contribution >= 0.6 is 0 Å². The van der Waals surface area contributed by atoms with Crippen molar-refractivity contribution in [2.45, 2.75) is 19.3 Å². The Labute approximate surface area is 170 Å². The van der Waals surface area contributed by atoms with Crippen LogP contribution in [-0.4, -0.2) is 39.1 Å². The molecular weight excluding hydrogens is 394 g/mol. The molecule has 0 radical (unpaired) electrons. The minimum atomic E-state index is -0.590. The van der Waals surface area contributed by atoms with Gasteiger partial charge in [-0.2, -0.15) is 10.1 Å². The standard InChI is InChI=1S/C16H23N11O3/c17-13-9(14(29)25-16(18)24-13)6-12(28)23-8-3-4-10(22-7-8)15(30)21-5-1-2-11(26-19)27-20/h3-4,7H,1-2,5-6,19-20H2,(H,21,30)(H,23,28)(H,26,27)(H5,17,18,24,25,29). The summed E-state index contributed by atoms with van der Waals surface area (Å²) >= 11 is 0. The SMILES string of the molecule is N/N=C(/CCCNC(=O)c1ccc(NC(=O)Cc2c(N)nc(N)[nH]c2=O)cn1)NN. The van der Waals surface area contributed by atoms with E-state index in [0.717, 1.165) is 0 Å². The lowest BCUT2D eigenvalue weighted by Crippen LogP contribution is -2.32. The van der Waals surface area contributed by atoms with Gasteiger partial charge in [-0.15, -0.1) is 0 Å². The minimum absolute atomic E-state index is 0.00155. The highest BCUT2D eigenvalue weighted by Gasteiger charge is 2.14. The average Bonchev–Trinajstić information content (AvgIpc) is 2.71. The fourth-order valence-corrected chi connectivity index (χ4v) is 2.39. The first-order chi connectivity index (χ1) is 14.3. The molecule has 2 amide bonds. The molecule has 2 aromatic heterocycles. The maximum Gasteiger partial charge on any atom is 0.269 e. The number of nitrogens with two attached hydrogens (primary N) is 4. The monoisotopic (exact) mass is 417 g/mol. The van der Waals surface area contributed by atoms with Crippen molar-refractivity contribution < 1.29 is 9.59 Å². The van der Waals surface area contributed by atoms with E-state index in [2.05, 4.69) is 36.1 Å². The predicted molar refractivity (Wildman–Crippen MR) is 111 cm³/mol. The van der Waals surface area contributed by atoms with Crippen molar-refractivity contribution in [1.82, 2.24) is 25.7 Å². The minimum Gasteiger partial charge on any atom is -0.383 e. The third-order valence-corrected chi connectivity index (χ3v) is 3.88. The number of carbonyl (C=O) groups excluding carboxylic acids is 2. The highest BCUT2D eigenvalue weighted by atomic mass is 16.2. The summed E-state index contributed by atoms with van der Waals surface area (Å²) in [5, 5.41) is 8.69. The van der Waals surface area contributed by atoms with Crippen molar-refractivity contribution in [3.8, 4) is 0 Å². The number of anilines is 3. The van der Waals surface area contributed by atoms with Gasteiger partial charge in [0, 0.05) is 13.0 Å². The first-order valence-electron chi connectivity index (χ1n) is 8.75. The van der Waals surface area contributed by atoms with E-state index in [4.69, 9.17) is 23.2 Å². The molecule has 160 valence electrons. The van der Waals surface area contributed by atoms with E-state index >= 15 is 0 Å². The number of rotatable bonds is 8. The van der Waals surface area contributed by atoms with Crippen LogP contribution < -0.4 is 44.8 Å². The highest BCUT2D eigenvalue weighted by Crippen LogP contribution is 2.09. The van der Waals surface area contributed by atoms with Crippen LogP contribution in [0.25, 0.3) is 0 Å². The van der Waals surface area contributed by atoms with Crippen LogP contribution in [0.4, 0.5) is 17.5 Å². The normalized spacial score (nSPS) is 11.0. The summed E-state index contributed by atoms with van der Waals surface area (Å²) in [6.45, 7) is 0.366. The molecule has 2 heterocycles. The number of aromatic amines is 1. The molecule has 14 nitrogen and oxygen atoms in total. The summed E-state index contributed by atoms with van der Waals surface area (Å²) in [5.74, 6) is 9.59. The van der Waals surface area contributed by atoms with Gasteiger partial charge in [0.15, 0.2) is 0 Å². The van der Waals surface area contributed by atoms with E-state index < -0.39 is 11.5 Å². The summed E-state index contributed by atoms with van der Waals surface area (Å²) < 4.78 is 0. The zero-order valence-corrected chi connectivity index (χ0v) is 15.9. The molecule has 0 fully saturated rings. The summed E-state index contributed by atoms with van der Waals surface area (Å²) in [7, 11) is 0. The lowest BCUT2D eigenvalue weighted by molar-refractivity contribution is -0.115. The van der Waals surface area contributed by atoms with Crippen LogP contribution in [0.1, 0.15) is 28.9 Å². The molecular formula is C16H23N11O3. The predicted octanol–water partition coefficient (Wildman–Crippen LogP) is -2.24. The van der Waals surface area contributed by atoms with E-state index in [1.807, 2.05) is 0 Å². The van der Waals surface area contributed by atoms with Crippen LogP contribution in [0.2, 0.25) is 0 Å². The van der Waals surface area contributed by atoms with Crippen molar-refractivity contribution in [2.24, 2.45) is 16.8 Å². The third kappa shape index (κ3) is 6.16. The summed E-state index contributed by atoms with van der Waals surface area (Å²) in [6.07, 6.45) is 2.06. The number of nitrogen functional groups attached to an aromatic ring is 2. The number of nitrogens with one attached hydrogen (secondary N) is 4. The zero-order chi connectivity index (χ0) is 22.1. The van der Waals surface area contributed by atoms with E-state index in [1.165, 1.54) is 18.3 Å². The lowest BCUT2D eigenvalue weighted by atomic mass is 10.2. The number of carbonyl (C=O) groups is 2. The maximum atomic E-state index is 12.2. The van der Waals surface area contributed by atoms with Crippen LogP contribution in [0, 0.1) is 0 Å². The van der Waals surface area contributed by atoms with Gasteiger partial charge >= 0.3 is 0 Å². The number of hydrogen-bond acceptors (Lipinski definition) is 10. The van der Waals surface area contributed by atoms with Gasteiger partial charge in [-0.25, -0.2) is 10.8 Å². The second-order valence-electron chi connectivity index (χ2n) is 6.05. The van der Waals surface area contributed by atoms with Crippen molar-refractivity contribution in [3.63, 3.8) is 0 Å². The Morgan fingerprint density at radius 2 is 2.00 bits per heavy atom. The van der Waals surface area contributed by atoms with Crippen molar-refractivity contribution in [3.05, 3.63) is 39.9 Å². The number of hydrazine groups is 1. The number of hydrazone groups is 1. The van der Waals surface area contributed by atoms with Crippen LogP contribution in [0.15, 0.2) is 28.2 Å². The van der Waals surface area contributed by atoms with Crippen LogP contribution in [0.3, 0.4) is 0 Å². The summed E-state index contributed by atoms with van der Waals surface area (Å²) in [5.41, 5.74) is 13.3. The smallest absolute Gasteiger partial charge is 0.269 e. The Kier molecular flexibility index (Phi) is 7.64. The zero-order valence-electron chi connectivity index (χ0n) is 15.9. The van der Waals surface area contributed by atoms with Crippen LogP contribution in [-0.2, 0) is 11.2 Å². The Morgan fingerprint density at radius 3 is 2.60 bits per heavy atom. The van der Waals surface area contributed by atoms with Crippen LogP contribution in [0.5, 0.6) is 0 Å². The first kappa shape index (κ1) is 22.1. The molecule has 2 aromatic rings. The largest absolute Gasteiger partial charge is 0.383 e. The third-order valence-electron chi connectivity index (χ3n) is 3.88. The molecule has 0 spiro atoms. The Balaban J connectivity index is 1.87. The Bertz CT molecular complexity index is 985. The Hall–Kier alpha value is -4.20.